The number of carboxylic acids is 1. The van der Waals surface area contributed by atoms with Crippen molar-refractivity contribution in [2.45, 2.75) is 58.3 Å². The summed E-state index contributed by atoms with van der Waals surface area (Å²) in [6, 6.07) is 0. The Morgan fingerprint density at radius 2 is 1.83 bits per heavy atom. The first-order chi connectivity index (χ1) is 8.10. The number of ether oxygens (including phenoxy) is 2. The molecule has 0 aliphatic carbocycles. The first-order valence-electron chi connectivity index (χ1n) is 6.28. The molecule has 0 saturated heterocycles. The fourth-order valence-corrected chi connectivity index (χ4v) is 1.53. The molecule has 0 bridgehead atoms. The second-order valence-electron chi connectivity index (χ2n) is 5.73. The van der Waals surface area contributed by atoms with Gasteiger partial charge in [-0.25, -0.2) is 0 Å². The van der Waals surface area contributed by atoms with Gasteiger partial charge in [0.05, 0.1) is 24.9 Å². The molecule has 5 nitrogen and oxygen atoms in total. The summed E-state index contributed by atoms with van der Waals surface area (Å²) in [6.07, 6.45) is 0.274. The van der Waals surface area contributed by atoms with Crippen LogP contribution in [0.5, 0.6) is 0 Å². The molecule has 0 heterocycles. The van der Waals surface area contributed by atoms with Crippen LogP contribution in [0.1, 0.15) is 41.0 Å². The van der Waals surface area contributed by atoms with Crippen molar-refractivity contribution in [1.82, 2.24) is 5.32 Å². The van der Waals surface area contributed by atoms with Crippen LogP contribution in [0.3, 0.4) is 0 Å². The molecule has 0 amide bonds. The van der Waals surface area contributed by atoms with Gasteiger partial charge in [-0.3, -0.25) is 4.79 Å². The van der Waals surface area contributed by atoms with E-state index in [4.69, 9.17) is 14.6 Å². The van der Waals surface area contributed by atoms with Gasteiger partial charge in [-0.1, -0.05) is 0 Å². The molecule has 5 heteroatoms. The predicted molar refractivity (Wildman–Crippen MR) is 70.8 cm³/mol. The van der Waals surface area contributed by atoms with Crippen LogP contribution in [0.25, 0.3) is 0 Å². The number of rotatable bonds is 8. The van der Waals surface area contributed by atoms with Crippen LogP contribution in [0.4, 0.5) is 0 Å². The van der Waals surface area contributed by atoms with Gasteiger partial charge >= 0.3 is 5.97 Å². The molecule has 0 aromatic heterocycles. The van der Waals surface area contributed by atoms with E-state index in [-0.39, 0.29) is 11.7 Å². The van der Waals surface area contributed by atoms with E-state index in [1.54, 1.807) is 14.0 Å². The molecule has 0 radical (unpaired) electrons. The maximum atomic E-state index is 11.1. The summed E-state index contributed by atoms with van der Waals surface area (Å²) in [5, 5.41) is 11.9. The number of likely N-dealkylation sites (N-methyl/N-ethyl adjacent to an activating group) is 1. The van der Waals surface area contributed by atoms with Crippen molar-refractivity contribution in [2.75, 3.05) is 20.3 Å². The van der Waals surface area contributed by atoms with Gasteiger partial charge in [-0.2, -0.15) is 0 Å². The number of carboxylic acid groups (broad SMARTS) is 1. The van der Waals surface area contributed by atoms with E-state index in [9.17, 15) is 4.79 Å². The highest BCUT2D eigenvalue weighted by molar-refractivity contribution is 5.78. The maximum Gasteiger partial charge on any atom is 0.323 e. The summed E-state index contributed by atoms with van der Waals surface area (Å²) in [5.74, 6) is -0.869. The Morgan fingerprint density at radius 3 is 2.22 bits per heavy atom. The molecule has 18 heavy (non-hydrogen) atoms. The minimum atomic E-state index is -0.954. The monoisotopic (exact) mass is 261 g/mol. The molecule has 0 spiro atoms. The summed E-state index contributed by atoms with van der Waals surface area (Å²) >= 11 is 0. The Bertz CT molecular complexity index is 262. The third-order valence-electron chi connectivity index (χ3n) is 2.74. The number of hydrogen-bond acceptors (Lipinski definition) is 4. The number of nitrogens with one attached hydrogen (secondary N) is 1. The summed E-state index contributed by atoms with van der Waals surface area (Å²) < 4.78 is 11.1. The molecular weight excluding hydrogens is 234 g/mol. The van der Waals surface area contributed by atoms with Crippen molar-refractivity contribution >= 4 is 5.97 Å². The molecule has 0 fully saturated rings. The van der Waals surface area contributed by atoms with E-state index in [1.807, 2.05) is 27.7 Å². The zero-order valence-electron chi connectivity index (χ0n) is 12.4. The van der Waals surface area contributed by atoms with E-state index in [0.717, 1.165) is 0 Å². The lowest BCUT2D eigenvalue weighted by atomic mass is 9.95. The highest BCUT2D eigenvalue weighted by atomic mass is 16.5. The predicted octanol–water partition coefficient (Wildman–Crippen LogP) is 1.66. The zero-order valence-corrected chi connectivity index (χ0v) is 12.4. The Kier molecular flexibility index (Phi) is 6.81. The molecule has 0 aromatic carbocycles. The lowest BCUT2D eigenvalue weighted by molar-refractivity contribution is -0.145. The summed E-state index contributed by atoms with van der Waals surface area (Å²) in [6.45, 7) is 10.5. The van der Waals surface area contributed by atoms with Gasteiger partial charge in [0, 0.05) is 6.42 Å². The summed E-state index contributed by atoms with van der Waals surface area (Å²) in [5.41, 5.74) is -1.13. The van der Waals surface area contributed by atoms with E-state index >= 15 is 0 Å². The van der Waals surface area contributed by atoms with Crippen molar-refractivity contribution in [3.8, 4) is 0 Å². The maximum absolute atomic E-state index is 11.1. The highest BCUT2D eigenvalue weighted by Crippen LogP contribution is 2.14. The van der Waals surface area contributed by atoms with Crippen molar-refractivity contribution in [2.24, 2.45) is 0 Å². The SMILES string of the molecule is CNC(C)(CC(C)OCCOC(C)(C)C)C(=O)O. The molecule has 0 aromatic rings. The van der Waals surface area contributed by atoms with Crippen LogP contribution in [-0.2, 0) is 14.3 Å². The third kappa shape index (κ3) is 6.93. The van der Waals surface area contributed by atoms with Crippen LogP contribution in [-0.4, -0.2) is 48.6 Å². The Morgan fingerprint density at radius 1 is 1.28 bits per heavy atom. The number of aliphatic carboxylic acids is 1. The zero-order chi connectivity index (χ0) is 14.4. The molecule has 2 unspecified atom stereocenters. The Labute approximate surface area is 110 Å². The van der Waals surface area contributed by atoms with Gasteiger partial charge in [0.1, 0.15) is 5.54 Å². The smallest absolute Gasteiger partial charge is 0.323 e. The van der Waals surface area contributed by atoms with Crippen LogP contribution < -0.4 is 5.32 Å². The summed E-state index contributed by atoms with van der Waals surface area (Å²) in [7, 11) is 1.64. The second-order valence-corrected chi connectivity index (χ2v) is 5.73. The highest BCUT2D eigenvalue weighted by Gasteiger charge is 2.33. The molecule has 108 valence electrons. The molecule has 0 saturated carbocycles. The molecule has 0 rings (SSSR count). The van der Waals surface area contributed by atoms with Gasteiger partial charge in [-0.15, -0.1) is 0 Å². The summed E-state index contributed by atoms with van der Waals surface area (Å²) in [4.78, 5) is 11.1. The van der Waals surface area contributed by atoms with Crippen molar-refractivity contribution < 1.29 is 19.4 Å². The topological polar surface area (TPSA) is 67.8 Å². The normalized spacial score (nSPS) is 17.2. The van der Waals surface area contributed by atoms with Crippen molar-refractivity contribution in [3.05, 3.63) is 0 Å². The van der Waals surface area contributed by atoms with Gasteiger partial charge in [0.25, 0.3) is 0 Å². The molecular formula is C13H27NO4. The quantitative estimate of drug-likeness (QED) is 0.650. The van der Waals surface area contributed by atoms with Crippen LogP contribution in [0.15, 0.2) is 0 Å². The fourth-order valence-electron chi connectivity index (χ4n) is 1.53. The van der Waals surface area contributed by atoms with Gasteiger partial charge in [-0.05, 0) is 41.7 Å². The lowest BCUT2D eigenvalue weighted by Gasteiger charge is -2.28. The van der Waals surface area contributed by atoms with E-state index in [2.05, 4.69) is 5.32 Å². The standard InChI is InChI=1S/C13H27NO4/c1-10(9-13(5,14-6)11(15)16)17-7-8-18-12(2,3)4/h10,14H,7-9H2,1-6H3,(H,15,16). The minimum Gasteiger partial charge on any atom is -0.480 e. The number of carbonyl (C=O) groups is 1. The Balaban J connectivity index is 3.97. The minimum absolute atomic E-state index is 0.137. The van der Waals surface area contributed by atoms with Gasteiger partial charge in [0.15, 0.2) is 0 Å². The third-order valence-corrected chi connectivity index (χ3v) is 2.74. The fraction of sp³-hybridized carbons (Fsp3) is 0.923. The molecule has 2 N–H and O–H groups in total. The van der Waals surface area contributed by atoms with E-state index < -0.39 is 11.5 Å². The average Bonchev–Trinajstić information content (AvgIpc) is 2.22. The average molecular weight is 261 g/mol. The first kappa shape index (κ1) is 17.4. The molecule has 0 aliphatic rings. The van der Waals surface area contributed by atoms with Crippen LogP contribution in [0.2, 0.25) is 0 Å². The van der Waals surface area contributed by atoms with Crippen LogP contribution >= 0.6 is 0 Å². The van der Waals surface area contributed by atoms with Crippen molar-refractivity contribution in [1.29, 1.82) is 0 Å². The lowest BCUT2D eigenvalue weighted by Crippen LogP contribution is -2.49. The first-order valence-corrected chi connectivity index (χ1v) is 6.28. The Hall–Kier alpha value is -0.650. The molecule has 2 atom stereocenters. The number of hydrogen-bond donors (Lipinski definition) is 2. The van der Waals surface area contributed by atoms with Crippen LogP contribution in [0, 0.1) is 0 Å². The largest absolute Gasteiger partial charge is 0.480 e. The van der Waals surface area contributed by atoms with Crippen molar-refractivity contribution in [3.63, 3.8) is 0 Å². The van der Waals surface area contributed by atoms with Gasteiger partial charge < -0.3 is 19.9 Å². The van der Waals surface area contributed by atoms with E-state index in [0.29, 0.717) is 19.6 Å². The molecule has 0 aliphatic heterocycles. The van der Waals surface area contributed by atoms with E-state index in [1.165, 1.54) is 0 Å². The second kappa shape index (κ2) is 7.07. The van der Waals surface area contributed by atoms with Gasteiger partial charge in [0.2, 0.25) is 0 Å².